The number of piperazine rings is 1. The summed E-state index contributed by atoms with van der Waals surface area (Å²) < 4.78 is 0. The number of carboxylic acids is 1. The summed E-state index contributed by atoms with van der Waals surface area (Å²) in [6, 6.07) is 0.657. The monoisotopic (exact) mass is 318 g/mol. The molecule has 6 heteroatoms. The highest BCUT2D eigenvalue weighted by atomic mass is 16.4. The van der Waals surface area contributed by atoms with Gasteiger partial charge >= 0.3 is 5.97 Å². The van der Waals surface area contributed by atoms with Gasteiger partial charge < -0.3 is 5.11 Å². The predicted molar refractivity (Wildman–Crippen MR) is 87.4 cm³/mol. The number of aromatic nitrogens is 2. The first-order valence-electron chi connectivity index (χ1n) is 8.58. The summed E-state index contributed by atoms with van der Waals surface area (Å²) in [6.45, 7) is 5.83. The molecule has 1 aliphatic carbocycles. The van der Waals surface area contributed by atoms with Crippen LogP contribution in [-0.2, 0) is 4.79 Å². The Labute approximate surface area is 137 Å². The van der Waals surface area contributed by atoms with Crippen LogP contribution in [0.4, 0.5) is 0 Å². The number of hydrogen-bond acceptors (Lipinski definition) is 5. The zero-order valence-corrected chi connectivity index (χ0v) is 13.8. The first-order chi connectivity index (χ1) is 11.1. The molecule has 2 aliphatic rings. The van der Waals surface area contributed by atoms with Crippen molar-refractivity contribution in [1.82, 2.24) is 19.8 Å². The summed E-state index contributed by atoms with van der Waals surface area (Å²) in [6.07, 6.45) is 8.81. The minimum absolute atomic E-state index is 0.175. The molecule has 2 fully saturated rings. The molecular weight excluding hydrogens is 292 g/mol. The quantitative estimate of drug-likeness (QED) is 0.907. The zero-order valence-electron chi connectivity index (χ0n) is 13.8. The molecule has 0 spiro atoms. The molecule has 2 heterocycles. The molecule has 0 amide bonds. The molecule has 0 atom stereocenters. The molecule has 1 aliphatic heterocycles. The highest BCUT2D eigenvalue weighted by Gasteiger charge is 2.29. The van der Waals surface area contributed by atoms with E-state index in [4.69, 9.17) is 5.11 Å². The van der Waals surface area contributed by atoms with E-state index in [-0.39, 0.29) is 6.54 Å². The van der Waals surface area contributed by atoms with Crippen LogP contribution in [0, 0.1) is 6.92 Å². The molecule has 1 saturated carbocycles. The Morgan fingerprint density at radius 3 is 2.30 bits per heavy atom. The average molecular weight is 318 g/mol. The molecule has 3 rings (SSSR count). The van der Waals surface area contributed by atoms with Gasteiger partial charge in [0, 0.05) is 44.6 Å². The summed E-state index contributed by atoms with van der Waals surface area (Å²) in [5, 5.41) is 8.87. The van der Waals surface area contributed by atoms with Gasteiger partial charge in [0.2, 0.25) is 0 Å². The summed E-state index contributed by atoms with van der Waals surface area (Å²) in [5.74, 6) is 0.709. The van der Waals surface area contributed by atoms with E-state index in [0.717, 1.165) is 32.0 Å². The first-order valence-corrected chi connectivity index (χ1v) is 8.58. The number of carboxylic acid groups (broad SMARTS) is 1. The number of aliphatic carboxylic acids is 1. The van der Waals surface area contributed by atoms with E-state index in [0.29, 0.717) is 12.0 Å². The smallest absolute Gasteiger partial charge is 0.317 e. The maximum Gasteiger partial charge on any atom is 0.317 e. The predicted octanol–water partition coefficient (Wildman–Crippen LogP) is 1.51. The van der Waals surface area contributed by atoms with Gasteiger partial charge in [-0.25, -0.2) is 9.97 Å². The molecule has 0 unspecified atom stereocenters. The topological polar surface area (TPSA) is 69.6 Å². The van der Waals surface area contributed by atoms with Crippen molar-refractivity contribution in [3.8, 4) is 0 Å². The Morgan fingerprint density at radius 2 is 1.74 bits per heavy atom. The van der Waals surface area contributed by atoms with Crippen molar-refractivity contribution in [2.45, 2.75) is 44.6 Å². The Bertz CT molecular complexity index is 518. The van der Waals surface area contributed by atoms with Crippen molar-refractivity contribution in [1.29, 1.82) is 0 Å². The van der Waals surface area contributed by atoms with Gasteiger partial charge in [-0.15, -0.1) is 0 Å². The van der Waals surface area contributed by atoms with Gasteiger partial charge in [0.15, 0.2) is 0 Å². The third kappa shape index (κ3) is 4.26. The van der Waals surface area contributed by atoms with Crippen LogP contribution in [0.1, 0.15) is 43.0 Å². The average Bonchev–Trinajstić information content (AvgIpc) is 2.56. The second kappa shape index (κ2) is 7.36. The molecule has 1 aromatic rings. The van der Waals surface area contributed by atoms with E-state index >= 15 is 0 Å². The Kier molecular flexibility index (Phi) is 5.23. The van der Waals surface area contributed by atoms with Crippen molar-refractivity contribution in [2.24, 2.45) is 0 Å². The van der Waals surface area contributed by atoms with Crippen LogP contribution in [0.2, 0.25) is 0 Å². The maximum atomic E-state index is 10.8. The van der Waals surface area contributed by atoms with E-state index in [1.807, 2.05) is 24.2 Å². The lowest BCUT2D eigenvalue weighted by Crippen LogP contribution is -2.51. The van der Waals surface area contributed by atoms with E-state index in [1.165, 1.54) is 31.2 Å². The Balaban J connectivity index is 1.46. The Morgan fingerprint density at radius 1 is 1.13 bits per heavy atom. The summed E-state index contributed by atoms with van der Waals surface area (Å²) in [7, 11) is 0. The van der Waals surface area contributed by atoms with Gasteiger partial charge in [-0.2, -0.15) is 0 Å². The second-order valence-electron chi connectivity index (χ2n) is 6.77. The molecule has 0 aromatic carbocycles. The molecule has 0 radical (unpaired) electrons. The van der Waals surface area contributed by atoms with Crippen molar-refractivity contribution in [2.75, 3.05) is 32.7 Å². The van der Waals surface area contributed by atoms with Crippen LogP contribution >= 0.6 is 0 Å². The summed E-state index contributed by atoms with van der Waals surface area (Å²) >= 11 is 0. The largest absolute Gasteiger partial charge is 0.480 e. The van der Waals surface area contributed by atoms with Crippen LogP contribution in [0.5, 0.6) is 0 Å². The number of rotatable bonds is 4. The molecule has 1 saturated heterocycles. The number of carbonyl (C=O) groups is 1. The lowest BCUT2D eigenvalue weighted by atomic mass is 9.82. The molecule has 1 N–H and O–H groups in total. The van der Waals surface area contributed by atoms with E-state index < -0.39 is 5.97 Å². The zero-order chi connectivity index (χ0) is 16.2. The van der Waals surface area contributed by atoms with Crippen molar-refractivity contribution in [3.63, 3.8) is 0 Å². The molecule has 23 heavy (non-hydrogen) atoms. The number of nitrogens with zero attached hydrogens (tertiary/aromatic N) is 4. The lowest BCUT2D eigenvalue weighted by molar-refractivity contribution is -0.138. The molecule has 0 bridgehead atoms. The Hall–Kier alpha value is -1.53. The fourth-order valence-corrected chi connectivity index (χ4v) is 3.87. The second-order valence-corrected chi connectivity index (χ2v) is 6.77. The van der Waals surface area contributed by atoms with E-state index in [1.54, 1.807) is 0 Å². The maximum absolute atomic E-state index is 10.8. The van der Waals surface area contributed by atoms with E-state index in [2.05, 4.69) is 14.9 Å². The SMILES string of the molecule is Cc1ncc(C2CCC(N3CCN(CC(=O)O)CC3)CC2)cn1. The summed E-state index contributed by atoms with van der Waals surface area (Å²) in [4.78, 5) is 24.0. The van der Waals surface area contributed by atoms with Gasteiger partial charge in [0.25, 0.3) is 0 Å². The van der Waals surface area contributed by atoms with Crippen LogP contribution < -0.4 is 0 Å². The van der Waals surface area contributed by atoms with Gasteiger partial charge in [-0.3, -0.25) is 14.6 Å². The third-order valence-corrected chi connectivity index (χ3v) is 5.25. The summed E-state index contributed by atoms with van der Waals surface area (Å²) in [5.41, 5.74) is 1.28. The number of aryl methyl sites for hydroxylation is 1. The van der Waals surface area contributed by atoms with Crippen LogP contribution in [0.3, 0.4) is 0 Å². The lowest BCUT2D eigenvalue weighted by Gasteiger charge is -2.41. The third-order valence-electron chi connectivity index (χ3n) is 5.25. The fourth-order valence-electron chi connectivity index (χ4n) is 3.87. The highest BCUT2D eigenvalue weighted by Crippen LogP contribution is 2.34. The molecule has 6 nitrogen and oxygen atoms in total. The number of hydrogen-bond donors (Lipinski definition) is 1. The minimum Gasteiger partial charge on any atom is -0.480 e. The van der Waals surface area contributed by atoms with Crippen molar-refractivity contribution < 1.29 is 9.90 Å². The molecular formula is C17H26N4O2. The van der Waals surface area contributed by atoms with Gasteiger partial charge in [0.1, 0.15) is 5.82 Å². The van der Waals surface area contributed by atoms with E-state index in [9.17, 15) is 4.79 Å². The van der Waals surface area contributed by atoms with Crippen LogP contribution in [0.25, 0.3) is 0 Å². The van der Waals surface area contributed by atoms with Crippen molar-refractivity contribution in [3.05, 3.63) is 23.8 Å². The first kappa shape index (κ1) is 16.3. The van der Waals surface area contributed by atoms with Gasteiger partial charge in [-0.1, -0.05) is 0 Å². The highest BCUT2D eigenvalue weighted by molar-refractivity contribution is 5.69. The van der Waals surface area contributed by atoms with Gasteiger partial charge in [-0.05, 0) is 44.1 Å². The minimum atomic E-state index is -0.723. The van der Waals surface area contributed by atoms with Crippen LogP contribution in [0.15, 0.2) is 12.4 Å². The van der Waals surface area contributed by atoms with Crippen molar-refractivity contribution >= 4 is 5.97 Å². The van der Waals surface area contributed by atoms with Crippen LogP contribution in [-0.4, -0.2) is 69.6 Å². The normalized spacial score (nSPS) is 27.0. The van der Waals surface area contributed by atoms with Gasteiger partial charge in [0.05, 0.1) is 6.54 Å². The fraction of sp³-hybridized carbons (Fsp3) is 0.706. The molecule has 1 aromatic heterocycles. The molecule has 126 valence electrons. The standard InChI is InChI=1S/C17H26N4O2/c1-13-18-10-15(11-19-13)14-2-4-16(5-3-14)21-8-6-20(7-9-21)12-17(22)23/h10-11,14,16H,2-9,12H2,1H3,(H,22,23).